The molecule has 0 aromatic carbocycles. The minimum Gasteiger partial charge on any atom is -0.365 e. The molecule has 5 heteroatoms. The smallest absolute Gasteiger partial charge is 0.251 e. The first-order valence-corrected chi connectivity index (χ1v) is 8.00. The fraction of sp³-hybridized carbons (Fsp3) is 0.938. The van der Waals surface area contributed by atoms with E-state index >= 15 is 0 Å². The van der Waals surface area contributed by atoms with Gasteiger partial charge >= 0.3 is 0 Å². The molecule has 0 aromatic rings. The van der Waals surface area contributed by atoms with Gasteiger partial charge in [0, 0.05) is 13.6 Å². The Labute approximate surface area is 136 Å². The summed E-state index contributed by atoms with van der Waals surface area (Å²) < 4.78 is 6.05. The van der Waals surface area contributed by atoms with E-state index in [2.05, 4.69) is 13.8 Å². The third-order valence-electron chi connectivity index (χ3n) is 4.15. The van der Waals surface area contributed by atoms with Crippen molar-refractivity contribution >= 4 is 18.3 Å². The summed E-state index contributed by atoms with van der Waals surface area (Å²) in [4.78, 5) is 14.3. The number of nitrogens with zero attached hydrogens (tertiary/aromatic N) is 1. The van der Waals surface area contributed by atoms with E-state index in [1.54, 1.807) is 4.90 Å². The van der Waals surface area contributed by atoms with Crippen LogP contribution in [0.1, 0.15) is 59.3 Å². The molecule has 1 aliphatic rings. The van der Waals surface area contributed by atoms with Crippen LogP contribution < -0.4 is 5.73 Å². The van der Waals surface area contributed by atoms with Gasteiger partial charge in [-0.3, -0.25) is 4.79 Å². The fourth-order valence-electron chi connectivity index (χ4n) is 2.79. The molecule has 1 fully saturated rings. The maximum absolute atomic E-state index is 12.5. The Morgan fingerprint density at radius 3 is 2.38 bits per heavy atom. The number of ether oxygens (including phenoxy) is 1. The molecule has 4 nitrogen and oxygen atoms in total. The zero-order valence-corrected chi connectivity index (χ0v) is 14.9. The molecular weight excluding hydrogens is 288 g/mol. The van der Waals surface area contributed by atoms with Crippen LogP contribution >= 0.6 is 12.4 Å². The molecule has 1 aliphatic carbocycles. The van der Waals surface area contributed by atoms with E-state index in [1.165, 1.54) is 19.3 Å². The van der Waals surface area contributed by atoms with Crippen molar-refractivity contribution in [3.8, 4) is 0 Å². The van der Waals surface area contributed by atoms with E-state index in [-0.39, 0.29) is 35.9 Å². The monoisotopic (exact) mass is 320 g/mol. The average Bonchev–Trinajstić information content (AvgIpc) is 2.44. The first kappa shape index (κ1) is 20.7. The molecule has 1 unspecified atom stereocenters. The summed E-state index contributed by atoms with van der Waals surface area (Å²) in [6.45, 7) is 7.44. The molecule has 126 valence electrons. The Bertz CT molecular complexity index is 305. The predicted octanol–water partition coefficient (Wildman–Crippen LogP) is 2.98. The summed E-state index contributed by atoms with van der Waals surface area (Å²) >= 11 is 0. The van der Waals surface area contributed by atoms with Crippen LogP contribution in [0.15, 0.2) is 0 Å². The Kier molecular flexibility index (Phi) is 9.50. The number of halogens is 1. The third-order valence-corrected chi connectivity index (χ3v) is 4.15. The van der Waals surface area contributed by atoms with Crippen molar-refractivity contribution in [2.24, 2.45) is 11.1 Å². The second-order valence-electron chi connectivity index (χ2n) is 6.86. The van der Waals surface area contributed by atoms with Crippen LogP contribution in [0.3, 0.4) is 0 Å². The predicted molar refractivity (Wildman–Crippen MR) is 89.8 cm³/mol. The fourth-order valence-corrected chi connectivity index (χ4v) is 2.79. The molecule has 1 amide bonds. The van der Waals surface area contributed by atoms with Crippen molar-refractivity contribution in [1.29, 1.82) is 0 Å². The molecule has 0 bridgehead atoms. The second-order valence-corrected chi connectivity index (χ2v) is 6.86. The van der Waals surface area contributed by atoms with Gasteiger partial charge in [0.1, 0.15) is 6.10 Å². The van der Waals surface area contributed by atoms with Crippen LogP contribution in [0.2, 0.25) is 0 Å². The van der Waals surface area contributed by atoms with E-state index in [1.807, 2.05) is 14.0 Å². The summed E-state index contributed by atoms with van der Waals surface area (Å²) in [6.07, 6.45) is 6.67. The van der Waals surface area contributed by atoms with E-state index in [4.69, 9.17) is 10.5 Å². The quantitative estimate of drug-likeness (QED) is 0.784. The molecule has 0 spiro atoms. The number of hydrogen-bond acceptors (Lipinski definition) is 3. The lowest BCUT2D eigenvalue weighted by Gasteiger charge is -2.33. The highest BCUT2D eigenvalue weighted by Crippen LogP contribution is 2.23. The normalized spacial score (nSPS) is 18.0. The number of carbonyl (C=O) groups excluding carboxylic acids is 1. The highest BCUT2D eigenvalue weighted by atomic mass is 35.5. The molecule has 1 rings (SSSR count). The number of carbonyl (C=O) groups is 1. The molecule has 1 atom stereocenters. The lowest BCUT2D eigenvalue weighted by Crippen LogP contribution is -2.45. The van der Waals surface area contributed by atoms with Gasteiger partial charge in [-0.2, -0.15) is 0 Å². The first-order valence-electron chi connectivity index (χ1n) is 8.00. The number of nitrogens with two attached hydrogens (primary N) is 1. The van der Waals surface area contributed by atoms with Crippen molar-refractivity contribution in [1.82, 2.24) is 4.90 Å². The minimum absolute atomic E-state index is 0. The standard InChI is InChI=1S/C16H32N2O2.ClH/c1-5-14(20-13-9-7-6-8-10-13)15(19)18(4)12-16(2,3)11-17;/h13-14H,5-12,17H2,1-4H3;1H. The van der Waals surface area contributed by atoms with Crippen LogP contribution in [-0.4, -0.2) is 43.2 Å². The number of hydrogen-bond donors (Lipinski definition) is 1. The Balaban J connectivity index is 0.00000400. The minimum atomic E-state index is -0.295. The molecule has 21 heavy (non-hydrogen) atoms. The molecular formula is C16H33ClN2O2. The van der Waals surface area contributed by atoms with Crippen molar-refractivity contribution in [2.75, 3.05) is 20.1 Å². The van der Waals surface area contributed by atoms with Gasteiger partial charge < -0.3 is 15.4 Å². The molecule has 0 radical (unpaired) electrons. The van der Waals surface area contributed by atoms with Gasteiger partial charge in [0.05, 0.1) is 6.10 Å². The number of amides is 1. The highest BCUT2D eigenvalue weighted by molar-refractivity contribution is 5.85. The van der Waals surface area contributed by atoms with E-state index in [9.17, 15) is 4.79 Å². The molecule has 0 saturated heterocycles. The second kappa shape index (κ2) is 9.65. The van der Waals surface area contributed by atoms with E-state index < -0.39 is 0 Å². The van der Waals surface area contributed by atoms with E-state index in [0.717, 1.165) is 19.3 Å². The summed E-state index contributed by atoms with van der Waals surface area (Å²) in [5, 5.41) is 0. The zero-order valence-electron chi connectivity index (χ0n) is 14.1. The SMILES string of the molecule is CCC(OC1CCCCC1)C(=O)N(C)CC(C)(C)CN.Cl. The topological polar surface area (TPSA) is 55.6 Å². The van der Waals surface area contributed by atoms with Gasteiger partial charge in [-0.25, -0.2) is 0 Å². The zero-order chi connectivity index (χ0) is 15.2. The van der Waals surface area contributed by atoms with Crippen molar-refractivity contribution in [2.45, 2.75) is 71.5 Å². The lowest BCUT2D eigenvalue weighted by atomic mass is 9.93. The van der Waals surface area contributed by atoms with Crippen LogP contribution in [-0.2, 0) is 9.53 Å². The average molecular weight is 321 g/mol. The maximum Gasteiger partial charge on any atom is 0.251 e. The van der Waals surface area contributed by atoms with Crippen LogP contribution in [0, 0.1) is 5.41 Å². The van der Waals surface area contributed by atoms with Crippen molar-refractivity contribution in [3.63, 3.8) is 0 Å². The summed E-state index contributed by atoms with van der Waals surface area (Å²) in [6, 6.07) is 0. The molecule has 1 saturated carbocycles. The van der Waals surface area contributed by atoms with Crippen molar-refractivity contribution in [3.05, 3.63) is 0 Å². The van der Waals surface area contributed by atoms with Gasteiger partial charge in [0.15, 0.2) is 0 Å². The highest BCUT2D eigenvalue weighted by Gasteiger charge is 2.28. The Morgan fingerprint density at radius 2 is 1.90 bits per heavy atom. The summed E-state index contributed by atoms with van der Waals surface area (Å²) in [7, 11) is 1.85. The summed E-state index contributed by atoms with van der Waals surface area (Å²) in [5.41, 5.74) is 5.70. The third kappa shape index (κ3) is 6.98. The first-order chi connectivity index (χ1) is 9.39. The lowest BCUT2D eigenvalue weighted by molar-refractivity contribution is -0.149. The molecule has 0 aromatic heterocycles. The van der Waals surface area contributed by atoms with E-state index in [0.29, 0.717) is 13.1 Å². The maximum atomic E-state index is 12.5. The Morgan fingerprint density at radius 1 is 1.33 bits per heavy atom. The van der Waals surface area contributed by atoms with Gasteiger partial charge in [-0.05, 0) is 31.2 Å². The van der Waals surface area contributed by atoms with Gasteiger partial charge in [-0.15, -0.1) is 12.4 Å². The number of likely N-dealkylation sites (N-methyl/N-ethyl adjacent to an activating group) is 1. The van der Waals surface area contributed by atoms with Gasteiger partial charge in [0.2, 0.25) is 0 Å². The van der Waals surface area contributed by atoms with Crippen molar-refractivity contribution < 1.29 is 9.53 Å². The Hall–Kier alpha value is -0.320. The van der Waals surface area contributed by atoms with Crippen LogP contribution in [0.5, 0.6) is 0 Å². The largest absolute Gasteiger partial charge is 0.365 e. The van der Waals surface area contributed by atoms with Crippen LogP contribution in [0.25, 0.3) is 0 Å². The summed E-state index contributed by atoms with van der Waals surface area (Å²) in [5.74, 6) is 0.0969. The van der Waals surface area contributed by atoms with Crippen LogP contribution in [0.4, 0.5) is 0 Å². The molecule has 0 heterocycles. The molecule has 0 aliphatic heterocycles. The molecule has 2 N–H and O–H groups in total. The van der Waals surface area contributed by atoms with Gasteiger partial charge in [-0.1, -0.05) is 40.0 Å². The van der Waals surface area contributed by atoms with Gasteiger partial charge in [0.25, 0.3) is 5.91 Å². The number of rotatable bonds is 7.